The Morgan fingerprint density at radius 1 is 1.10 bits per heavy atom. The number of carbonyl (C=O) groups excluding carboxylic acids is 1. The van der Waals surface area contributed by atoms with E-state index in [1.54, 1.807) is 0 Å². The van der Waals surface area contributed by atoms with Crippen molar-refractivity contribution >= 4 is 5.91 Å². The molecule has 1 atom stereocenters. The third kappa shape index (κ3) is 4.46. The number of carbonyl (C=O) groups is 1. The Bertz CT molecular complexity index is 997. The second-order valence-corrected chi connectivity index (χ2v) is 8.37. The molecule has 5 heteroatoms. The summed E-state index contributed by atoms with van der Waals surface area (Å²) in [5.74, 6) is 0.170. The Morgan fingerprint density at radius 3 is 2.63 bits per heavy atom. The van der Waals surface area contributed by atoms with Crippen LogP contribution in [0.5, 0.6) is 0 Å². The van der Waals surface area contributed by atoms with Crippen molar-refractivity contribution in [1.29, 1.82) is 0 Å². The van der Waals surface area contributed by atoms with E-state index in [0.29, 0.717) is 6.54 Å². The summed E-state index contributed by atoms with van der Waals surface area (Å²) in [4.78, 5) is 15.6. The number of aromatic nitrogens is 2. The highest BCUT2D eigenvalue weighted by molar-refractivity contribution is 5.83. The fraction of sp³-hybridized carbons (Fsp3) is 0.360. The van der Waals surface area contributed by atoms with Gasteiger partial charge in [-0.3, -0.25) is 14.4 Å². The Balaban J connectivity index is 1.55. The largest absolute Gasteiger partial charge is 0.356 e. The summed E-state index contributed by atoms with van der Waals surface area (Å²) < 4.78 is 1.83. The van der Waals surface area contributed by atoms with Crippen molar-refractivity contribution in [2.24, 2.45) is 12.5 Å². The summed E-state index contributed by atoms with van der Waals surface area (Å²) in [6.07, 6.45) is 5.59. The van der Waals surface area contributed by atoms with Crippen LogP contribution in [0.15, 0.2) is 67.0 Å². The Morgan fingerprint density at radius 2 is 1.90 bits per heavy atom. The van der Waals surface area contributed by atoms with Crippen LogP contribution in [0.1, 0.15) is 24.5 Å². The molecule has 3 aromatic rings. The van der Waals surface area contributed by atoms with Crippen LogP contribution in [0.4, 0.5) is 0 Å². The molecule has 0 radical (unpaired) electrons. The van der Waals surface area contributed by atoms with Gasteiger partial charge in [0.15, 0.2) is 0 Å². The van der Waals surface area contributed by atoms with E-state index in [1.807, 2.05) is 30.9 Å². The van der Waals surface area contributed by atoms with Crippen LogP contribution in [-0.2, 0) is 24.8 Å². The van der Waals surface area contributed by atoms with Gasteiger partial charge in [-0.25, -0.2) is 0 Å². The number of hydrogen-bond donors (Lipinski definition) is 1. The summed E-state index contributed by atoms with van der Waals surface area (Å²) in [7, 11) is 1.94. The lowest BCUT2D eigenvalue weighted by atomic mass is 9.79. The van der Waals surface area contributed by atoms with Crippen LogP contribution in [0, 0.1) is 5.41 Å². The fourth-order valence-electron chi connectivity index (χ4n) is 4.55. The van der Waals surface area contributed by atoms with Crippen molar-refractivity contribution in [3.05, 3.63) is 78.1 Å². The zero-order valence-electron chi connectivity index (χ0n) is 17.8. The Hall–Kier alpha value is -2.92. The molecule has 30 heavy (non-hydrogen) atoms. The van der Waals surface area contributed by atoms with E-state index in [1.165, 1.54) is 22.3 Å². The molecule has 5 nitrogen and oxygen atoms in total. The summed E-state index contributed by atoms with van der Waals surface area (Å²) in [6, 6.07) is 19.0. The zero-order chi connectivity index (χ0) is 21.0. The van der Waals surface area contributed by atoms with Gasteiger partial charge in [-0.15, -0.1) is 0 Å². The van der Waals surface area contributed by atoms with Crippen LogP contribution >= 0.6 is 0 Å². The van der Waals surface area contributed by atoms with E-state index in [4.69, 9.17) is 0 Å². The van der Waals surface area contributed by atoms with Gasteiger partial charge in [-0.2, -0.15) is 5.10 Å². The molecule has 1 N–H and O–H groups in total. The maximum Gasteiger partial charge on any atom is 0.227 e. The van der Waals surface area contributed by atoms with E-state index >= 15 is 0 Å². The fourth-order valence-corrected chi connectivity index (χ4v) is 4.55. The summed E-state index contributed by atoms with van der Waals surface area (Å²) in [5.41, 5.74) is 4.41. The number of rotatable bonds is 7. The number of hydrogen-bond acceptors (Lipinski definition) is 3. The van der Waals surface area contributed by atoms with E-state index in [0.717, 1.165) is 32.5 Å². The van der Waals surface area contributed by atoms with Crippen LogP contribution in [0.25, 0.3) is 11.1 Å². The third-order valence-corrected chi connectivity index (χ3v) is 5.99. The average molecular weight is 403 g/mol. The van der Waals surface area contributed by atoms with E-state index < -0.39 is 5.41 Å². The molecule has 2 heterocycles. The Kier molecular flexibility index (Phi) is 6.00. The maximum atomic E-state index is 13.2. The van der Waals surface area contributed by atoms with Gasteiger partial charge in [0, 0.05) is 38.4 Å². The second-order valence-electron chi connectivity index (χ2n) is 8.37. The molecule has 1 saturated heterocycles. The first-order valence-electron chi connectivity index (χ1n) is 10.7. The van der Waals surface area contributed by atoms with Gasteiger partial charge in [0.1, 0.15) is 0 Å². The molecule has 1 aliphatic heterocycles. The van der Waals surface area contributed by atoms with Gasteiger partial charge in [0.05, 0.1) is 11.6 Å². The first-order valence-corrected chi connectivity index (χ1v) is 10.7. The van der Waals surface area contributed by atoms with Crippen LogP contribution < -0.4 is 5.32 Å². The number of nitrogens with zero attached hydrogens (tertiary/aromatic N) is 3. The SMILES string of the molecule is CCNC(=O)C1(Cc2cccc(-c3ccccc3)c2)CCN(Cc2cnn(C)c2)C1. The molecular formula is C25H30N4O. The topological polar surface area (TPSA) is 50.2 Å². The maximum absolute atomic E-state index is 13.2. The lowest BCUT2D eigenvalue weighted by molar-refractivity contribution is -0.130. The van der Waals surface area contributed by atoms with Crippen LogP contribution in [0.2, 0.25) is 0 Å². The molecule has 2 aromatic carbocycles. The Labute approximate surface area is 178 Å². The number of aryl methyl sites for hydroxylation is 1. The number of amides is 1. The van der Waals surface area contributed by atoms with Gasteiger partial charge < -0.3 is 5.32 Å². The van der Waals surface area contributed by atoms with Crippen molar-refractivity contribution in [1.82, 2.24) is 20.0 Å². The van der Waals surface area contributed by atoms with Crippen LogP contribution in [0.3, 0.4) is 0 Å². The molecular weight excluding hydrogens is 372 g/mol. The highest BCUT2D eigenvalue weighted by atomic mass is 16.2. The average Bonchev–Trinajstić information content (AvgIpc) is 3.36. The summed E-state index contributed by atoms with van der Waals surface area (Å²) >= 11 is 0. The first kappa shape index (κ1) is 20.4. The van der Waals surface area contributed by atoms with Crippen LogP contribution in [-0.4, -0.2) is 40.2 Å². The molecule has 0 bridgehead atoms. The van der Waals surface area contributed by atoms with E-state index in [-0.39, 0.29) is 5.91 Å². The quantitative estimate of drug-likeness (QED) is 0.656. The smallest absolute Gasteiger partial charge is 0.227 e. The predicted octanol–water partition coefficient (Wildman–Crippen LogP) is 3.66. The summed E-state index contributed by atoms with van der Waals surface area (Å²) in [6.45, 7) is 5.17. The number of likely N-dealkylation sites (tertiary alicyclic amines) is 1. The minimum Gasteiger partial charge on any atom is -0.356 e. The molecule has 0 saturated carbocycles. The van der Waals surface area contributed by atoms with Crippen molar-refractivity contribution < 1.29 is 4.79 Å². The predicted molar refractivity (Wildman–Crippen MR) is 120 cm³/mol. The molecule has 1 fully saturated rings. The van der Waals surface area contributed by atoms with Gasteiger partial charge in [-0.05, 0) is 43.0 Å². The molecule has 1 aliphatic rings. The summed E-state index contributed by atoms with van der Waals surface area (Å²) in [5, 5.41) is 7.38. The standard InChI is InChI=1S/C25H30N4O/c1-3-26-24(30)25(12-13-29(19-25)18-21-16-27-28(2)17-21)15-20-8-7-11-23(14-20)22-9-5-4-6-10-22/h4-11,14,16-17H,3,12-13,15,18-19H2,1-2H3,(H,26,30). The van der Waals surface area contributed by atoms with Gasteiger partial charge >= 0.3 is 0 Å². The first-order chi connectivity index (χ1) is 14.6. The third-order valence-electron chi connectivity index (χ3n) is 5.99. The lowest BCUT2D eigenvalue weighted by Crippen LogP contribution is -2.44. The number of nitrogens with one attached hydrogen (secondary N) is 1. The number of benzene rings is 2. The molecule has 156 valence electrons. The molecule has 4 rings (SSSR count). The van der Waals surface area contributed by atoms with Crippen molar-refractivity contribution in [2.45, 2.75) is 26.3 Å². The van der Waals surface area contributed by atoms with Gasteiger partial charge in [0.2, 0.25) is 5.91 Å². The zero-order valence-corrected chi connectivity index (χ0v) is 17.8. The minimum absolute atomic E-state index is 0.170. The van der Waals surface area contributed by atoms with E-state index in [2.05, 4.69) is 70.0 Å². The van der Waals surface area contributed by atoms with Crippen molar-refractivity contribution in [3.8, 4) is 11.1 Å². The van der Waals surface area contributed by atoms with E-state index in [9.17, 15) is 4.79 Å². The van der Waals surface area contributed by atoms with Crippen molar-refractivity contribution in [2.75, 3.05) is 19.6 Å². The monoisotopic (exact) mass is 402 g/mol. The molecule has 1 amide bonds. The normalized spacial score (nSPS) is 19.1. The minimum atomic E-state index is -0.395. The molecule has 1 unspecified atom stereocenters. The molecule has 1 aromatic heterocycles. The second kappa shape index (κ2) is 8.84. The lowest BCUT2D eigenvalue weighted by Gasteiger charge is -2.28. The van der Waals surface area contributed by atoms with Crippen molar-refractivity contribution in [3.63, 3.8) is 0 Å². The highest BCUT2D eigenvalue weighted by Gasteiger charge is 2.44. The molecule has 0 spiro atoms. The van der Waals surface area contributed by atoms with Gasteiger partial charge in [-0.1, -0.05) is 54.6 Å². The molecule has 0 aliphatic carbocycles. The highest BCUT2D eigenvalue weighted by Crippen LogP contribution is 2.36. The van der Waals surface area contributed by atoms with Gasteiger partial charge in [0.25, 0.3) is 0 Å².